The molecule has 1 atom stereocenters. The molecule has 0 bridgehead atoms. The van der Waals surface area contributed by atoms with Crippen molar-refractivity contribution in [1.82, 2.24) is 0 Å². The van der Waals surface area contributed by atoms with Crippen molar-refractivity contribution in [2.75, 3.05) is 46.3 Å². The lowest BCUT2D eigenvalue weighted by Crippen LogP contribution is -2.19. The number of hydrogen-bond donors (Lipinski definition) is 2. The molecule has 9 heteroatoms. The number of benzene rings is 4. The van der Waals surface area contributed by atoms with Crippen LogP contribution in [0, 0.1) is 5.92 Å². The number of unbranched alkanes of at least 4 members (excludes halogenated alkanes) is 1. The highest BCUT2D eigenvalue weighted by Gasteiger charge is 2.14. The van der Waals surface area contributed by atoms with Gasteiger partial charge >= 0.3 is 11.9 Å². The Labute approximate surface area is 299 Å². The highest BCUT2D eigenvalue weighted by molar-refractivity contribution is 5.87. The average Bonchev–Trinajstić information content (AvgIpc) is 3.15. The topological polar surface area (TPSA) is 112 Å². The minimum absolute atomic E-state index is 0.00785. The van der Waals surface area contributed by atoms with Crippen molar-refractivity contribution in [1.29, 1.82) is 0 Å². The van der Waals surface area contributed by atoms with Crippen LogP contribution in [0.3, 0.4) is 0 Å². The van der Waals surface area contributed by atoms with Crippen LogP contribution in [0.2, 0.25) is 0 Å². The fraction of sp³-hybridized carbons (Fsp3) is 0.333. The van der Waals surface area contributed by atoms with Gasteiger partial charge in [0.2, 0.25) is 0 Å². The molecule has 0 fully saturated rings. The molecule has 51 heavy (non-hydrogen) atoms. The molecule has 270 valence electrons. The van der Waals surface area contributed by atoms with Crippen molar-refractivity contribution < 1.29 is 43.1 Å². The van der Waals surface area contributed by atoms with Crippen molar-refractivity contribution in [3.63, 3.8) is 0 Å². The molecule has 0 radical (unpaired) electrons. The van der Waals surface area contributed by atoms with Gasteiger partial charge in [-0.1, -0.05) is 86.3 Å². The van der Waals surface area contributed by atoms with Gasteiger partial charge in [0, 0.05) is 31.3 Å². The molecule has 0 spiro atoms. The van der Waals surface area contributed by atoms with E-state index < -0.39 is 17.9 Å². The molecule has 4 aromatic rings. The number of rotatable bonds is 21. The second-order valence-electron chi connectivity index (χ2n) is 12.2. The maximum absolute atomic E-state index is 12.4. The third kappa shape index (κ3) is 12.4. The van der Waals surface area contributed by atoms with Crippen molar-refractivity contribution in [2.45, 2.75) is 39.0 Å². The second kappa shape index (κ2) is 20.6. The zero-order valence-corrected chi connectivity index (χ0v) is 29.2. The highest BCUT2D eigenvalue weighted by atomic mass is 19.1. The van der Waals surface area contributed by atoms with Crippen LogP contribution in [-0.2, 0) is 25.5 Å². The first-order valence-corrected chi connectivity index (χ1v) is 17.3. The van der Waals surface area contributed by atoms with Gasteiger partial charge in [0.05, 0.1) is 12.6 Å². The summed E-state index contributed by atoms with van der Waals surface area (Å²) in [7, 11) is 0. The standard InChI is InChI=1S/C42H47FO8/c1-30(18-21-44)41(46)50-25-23-48-39-27-38(28-40(29-39)49-24-26-51-42(47)31(2)19-22-45)37-16-14-36(15-17-37)35-12-10-34(11-13-35)33-8-6-32(7-9-33)5-3-4-20-43/h6-17,27-29,31,44-45H,1,3-5,18-26H2,2H3. The van der Waals surface area contributed by atoms with Crippen LogP contribution in [0.5, 0.6) is 11.5 Å². The third-order valence-electron chi connectivity index (χ3n) is 8.30. The molecule has 0 saturated heterocycles. The summed E-state index contributed by atoms with van der Waals surface area (Å²) in [5.41, 5.74) is 7.54. The Morgan fingerprint density at radius 1 is 0.667 bits per heavy atom. The van der Waals surface area contributed by atoms with E-state index in [0.717, 1.165) is 46.2 Å². The molecule has 1 unspecified atom stereocenters. The summed E-state index contributed by atoms with van der Waals surface area (Å²) in [4.78, 5) is 24.1. The Balaban J connectivity index is 1.43. The quantitative estimate of drug-likeness (QED) is 0.0516. The zero-order valence-electron chi connectivity index (χ0n) is 29.2. The largest absolute Gasteiger partial charge is 0.490 e. The minimum atomic E-state index is -0.584. The number of carbonyl (C=O) groups excluding carboxylic acids is 2. The fourth-order valence-corrected chi connectivity index (χ4v) is 5.29. The molecule has 8 nitrogen and oxygen atoms in total. The van der Waals surface area contributed by atoms with Crippen molar-refractivity contribution in [3.05, 3.63) is 109 Å². The van der Waals surface area contributed by atoms with Crippen LogP contribution < -0.4 is 9.47 Å². The number of aryl methyl sites for hydroxylation is 1. The minimum Gasteiger partial charge on any atom is -0.490 e. The normalized spacial score (nSPS) is 11.5. The van der Waals surface area contributed by atoms with Gasteiger partial charge in [-0.05, 0) is 76.8 Å². The van der Waals surface area contributed by atoms with Gasteiger partial charge in [0.25, 0.3) is 0 Å². The van der Waals surface area contributed by atoms with E-state index in [1.165, 1.54) is 5.56 Å². The number of hydrogen-bond acceptors (Lipinski definition) is 8. The SMILES string of the molecule is C=C(CCO)C(=O)OCCOc1cc(OCCOC(=O)C(C)CCO)cc(-c2ccc(-c3ccc(-c4ccc(CCCCF)cc4)cc3)cc2)c1. The van der Waals surface area contributed by atoms with E-state index in [9.17, 15) is 14.0 Å². The Kier molecular flexibility index (Phi) is 15.7. The van der Waals surface area contributed by atoms with E-state index in [-0.39, 0.29) is 58.3 Å². The van der Waals surface area contributed by atoms with Gasteiger partial charge in [-0.25, -0.2) is 4.79 Å². The Morgan fingerprint density at radius 2 is 1.16 bits per heavy atom. The molecule has 0 aliphatic rings. The maximum atomic E-state index is 12.4. The Morgan fingerprint density at radius 3 is 1.65 bits per heavy atom. The molecule has 0 amide bonds. The van der Waals surface area contributed by atoms with E-state index in [1.807, 2.05) is 24.3 Å². The van der Waals surface area contributed by atoms with Crippen LogP contribution in [0.1, 0.15) is 38.2 Å². The van der Waals surface area contributed by atoms with E-state index in [1.54, 1.807) is 13.0 Å². The molecular weight excluding hydrogens is 651 g/mol. The highest BCUT2D eigenvalue weighted by Crippen LogP contribution is 2.32. The molecule has 2 N–H and O–H groups in total. The van der Waals surface area contributed by atoms with E-state index >= 15 is 0 Å². The number of ether oxygens (including phenoxy) is 4. The molecule has 0 saturated carbocycles. The van der Waals surface area contributed by atoms with Gasteiger partial charge in [-0.3, -0.25) is 9.18 Å². The third-order valence-corrected chi connectivity index (χ3v) is 8.30. The van der Waals surface area contributed by atoms with Crippen LogP contribution in [-0.4, -0.2) is 68.5 Å². The molecular formula is C42H47FO8. The lowest BCUT2D eigenvalue weighted by molar-refractivity contribution is -0.149. The first-order chi connectivity index (χ1) is 24.8. The number of carbonyl (C=O) groups is 2. The number of alkyl halides is 1. The second-order valence-corrected chi connectivity index (χ2v) is 12.2. The molecule has 0 aliphatic heterocycles. The molecule has 0 aliphatic carbocycles. The summed E-state index contributed by atoms with van der Waals surface area (Å²) in [6.45, 7) is 5.01. The smallest absolute Gasteiger partial charge is 0.333 e. The summed E-state index contributed by atoms with van der Waals surface area (Å²) in [6, 6.07) is 30.5. The van der Waals surface area contributed by atoms with Crippen molar-refractivity contribution in [2.24, 2.45) is 5.92 Å². The van der Waals surface area contributed by atoms with Crippen LogP contribution >= 0.6 is 0 Å². The fourth-order valence-electron chi connectivity index (χ4n) is 5.29. The van der Waals surface area contributed by atoms with Gasteiger partial charge in [0.1, 0.15) is 37.9 Å². The monoisotopic (exact) mass is 698 g/mol. The summed E-state index contributed by atoms with van der Waals surface area (Å²) < 4.78 is 34.7. The summed E-state index contributed by atoms with van der Waals surface area (Å²) in [5.74, 6) is -0.388. The lowest BCUT2D eigenvalue weighted by Gasteiger charge is -2.14. The van der Waals surface area contributed by atoms with Crippen molar-refractivity contribution >= 4 is 11.9 Å². The molecule has 4 aromatic carbocycles. The predicted octanol–water partition coefficient (Wildman–Crippen LogP) is 7.78. The van der Waals surface area contributed by atoms with Crippen LogP contribution in [0.4, 0.5) is 4.39 Å². The van der Waals surface area contributed by atoms with Crippen LogP contribution in [0.25, 0.3) is 33.4 Å². The number of halogens is 1. The van der Waals surface area contributed by atoms with E-state index in [4.69, 9.17) is 29.2 Å². The average molecular weight is 699 g/mol. The number of aliphatic hydroxyl groups excluding tert-OH is 2. The first-order valence-electron chi connectivity index (χ1n) is 17.3. The van der Waals surface area contributed by atoms with Crippen molar-refractivity contribution in [3.8, 4) is 44.9 Å². The summed E-state index contributed by atoms with van der Waals surface area (Å²) in [5, 5.41) is 18.1. The molecule has 4 rings (SSSR count). The number of aliphatic hydroxyl groups is 2. The van der Waals surface area contributed by atoms with Gasteiger partial charge in [0.15, 0.2) is 0 Å². The zero-order chi connectivity index (χ0) is 36.4. The van der Waals surface area contributed by atoms with Gasteiger partial charge in [-0.15, -0.1) is 0 Å². The Hall–Kier alpha value is -4.99. The summed E-state index contributed by atoms with van der Waals surface area (Å²) >= 11 is 0. The molecule has 0 heterocycles. The maximum Gasteiger partial charge on any atom is 0.333 e. The summed E-state index contributed by atoms with van der Waals surface area (Å²) in [6.07, 6.45) is 2.80. The molecule has 0 aromatic heterocycles. The van der Waals surface area contributed by atoms with Gasteiger partial charge < -0.3 is 29.2 Å². The van der Waals surface area contributed by atoms with E-state index in [0.29, 0.717) is 24.3 Å². The lowest BCUT2D eigenvalue weighted by atomic mass is 9.97. The van der Waals surface area contributed by atoms with Crippen LogP contribution in [0.15, 0.2) is 103 Å². The van der Waals surface area contributed by atoms with Gasteiger partial charge in [-0.2, -0.15) is 0 Å². The number of esters is 2. The first kappa shape index (κ1) is 38.8. The predicted molar refractivity (Wildman–Crippen MR) is 196 cm³/mol. The Bertz CT molecular complexity index is 1680. The van der Waals surface area contributed by atoms with E-state index in [2.05, 4.69) is 67.2 Å².